The van der Waals surface area contributed by atoms with Gasteiger partial charge in [-0.3, -0.25) is 0 Å². The first kappa shape index (κ1) is 24.4. The highest BCUT2D eigenvalue weighted by Gasteiger charge is 2.65. The number of rotatable bonds is 5. The summed E-state index contributed by atoms with van der Waals surface area (Å²) in [5, 5.41) is -0.162. The van der Waals surface area contributed by atoms with E-state index in [1.165, 1.54) is 19.3 Å². The minimum absolute atomic E-state index is 0.0808. The van der Waals surface area contributed by atoms with Crippen molar-refractivity contribution in [2.75, 3.05) is 6.61 Å². The molecule has 6 heteroatoms. The summed E-state index contributed by atoms with van der Waals surface area (Å²) in [7, 11) is -2.62. The van der Waals surface area contributed by atoms with Gasteiger partial charge in [-0.05, 0) is 18.4 Å². The van der Waals surface area contributed by atoms with E-state index in [0.717, 1.165) is 18.4 Å². The minimum atomic E-state index is -2.62. The number of benzene rings is 1. The highest BCUT2D eigenvalue weighted by Crippen LogP contribution is 2.55. The van der Waals surface area contributed by atoms with Gasteiger partial charge < -0.3 is 23.1 Å². The van der Waals surface area contributed by atoms with E-state index in [9.17, 15) is 0 Å². The summed E-state index contributed by atoms with van der Waals surface area (Å²) >= 11 is 0. The first-order chi connectivity index (χ1) is 15.1. The Balaban J connectivity index is 1.57. The third kappa shape index (κ3) is 4.86. The molecule has 32 heavy (non-hydrogen) atoms. The van der Waals surface area contributed by atoms with Gasteiger partial charge in [0, 0.05) is 10.1 Å². The van der Waals surface area contributed by atoms with Crippen molar-refractivity contribution in [1.82, 2.24) is 0 Å². The van der Waals surface area contributed by atoms with Gasteiger partial charge in [-0.25, -0.2) is 0 Å². The monoisotopic (exact) mass is 462 g/mol. The van der Waals surface area contributed by atoms with Crippen LogP contribution in [-0.2, 0) is 29.7 Å². The second-order valence-corrected chi connectivity index (χ2v) is 16.5. The van der Waals surface area contributed by atoms with Gasteiger partial charge in [-0.15, -0.1) is 0 Å². The molecule has 1 aromatic carbocycles. The van der Waals surface area contributed by atoms with Crippen LogP contribution in [0.2, 0.25) is 10.1 Å². The number of ether oxygens (including phenoxy) is 3. The zero-order valence-corrected chi connectivity index (χ0v) is 21.8. The molecule has 0 N–H and O–H groups in total. The smallest absolute Gasteiger partial charge is 0.349 e. The maximum Gasteiger partial charge on any atom is 0.349 e. The Hall–Kier alpha value is -0.763. The van der Waals surface area contributed by atoms with Crippen molar-refractivity contribution >= 4 is 8.56 Å². The maximum atomic E-state index is 7.03. The SMILES string of the molecule is CC(C)(C)[Si]1(C(C)(C)C)OC[C@H]2O[C@H](OC3CCCCC3)[C@@H](OCc3ccccc3)[C@@H]2O1. The van der Waals surface area contributed by atoms with Gasteiger partial charge in [0.05, 0.1) is 19.3 Å². The topological polar surface area (TPSA) is 46.2 Å². The molecule has 1 aliphatic carbocycles. The summed E-state index contributed by atoms with van der Waals surface area (Å²) in [6.07, 6.45) is 5.18. The van der Waals surface area contributed by atoms with Crippen molar-refractivity contribution in [3.63, 3.8) is 0 Å². The van der Waals surface area contributed by atoms with E-state index in [-0.39, 0.29) is 34.5 Å². The molecule has 0 radical (unpaired) electrons. The summed E-state index contributed by atoms with van der Waals surface area (Å²) in [6.45, 7) is 14.5. The second-order valence-electron chi connectivity index (χ2n) is 11.7. The standard InChI is InChI=1S/C26H42O5Si/c1-25(2,3)32(26(4,5)6)28-18-21-22(31-32)23(27-17-19-13-9-7-10-14-19)24(30-21)29-20-15-11-8-12-16-20/h7,9-10,13-14,20-24H,8,11-12,15-18H2,1-6H3/t21-,22-,23+,24+/m1/s1. The van der Waals surface area contributed by atoms with Crippen LogP contribution in [0.5, 0.6) is 0 Å². The normalized spacial score (nSPS) is 31.4. The molecule has 2 heterocycles. The van der Waals surface area contributed by atoms with E-state index >= 15 is 0 Å². The van der Waals surface area contributed by atoms with Crippen LogP contribution < -0.4 is 0 Å². The van der Waals surface area contributed by atoms with Crippen molar-refractivity contribution in [2.45, 2.75) is 121 Å². The molecular formula is C26H42O5Si. The molecule has 0 spiro atoms. The molecule has 1 aromatic rings. The van der Waals surface area contributed by atoms with Crippen LogP contribution in [0.15, 0.2) is 30.3 Å². The predicted molar refractivity (Wildman–Crippen MR) is 128 cm³/mol. The zero-order valence-electron chi connectivity index (χ0n) is 20.8. The Morgan fingerprint density at radius 3 is 2.22 bits per heavy atom. The Labute approximate surface area is 195 Å². The lowest BCUT2D eigenvalue weighted by molar-refractivity contribution is -0.207. The summed E-state index contributed by atoms with van der Waals surface area (Å²) in [5.74, 6) is 0. The van der Waals surface area contributed by atoms with Crippen LogP contribution in [0.25, 0.3) is 0 Å². The van der Waals surface area contributed by atoms with Crippen LogP contribution in [0, 0.1) is 0 Å². The third-order valence-electron chi connectivity index (χ3n) is 7.16. The zero-order chi connectivity index (χ0) is 23.0. The quantitative estimate of drug-likeness (QED) is 0.495. The van der Waals surface area contributed by atoms with Gasteiger partial charge in [-0.1, -0.05) is 91.1 Å². The number of hydrogen-bond acceptors (Lipinski definition) is 5. The molecule has 2 aliphatic heterocycles. The Morgan fingerprint density at radius 2 is 1.59 bits per heavy atom. The fourth-order valence-electron chi connectivity index (χ4n) is 5.75. The van der Waals surface area contributed by atoms with E-state index in [1.807, 2.05) is 18.2 Å². The molecule has 5 nitrogen and oxygen atoms in total. The molecule has 1 saturated carbocycles. The lowest BCUT2D eigenvalue weighted by atomic mass is 9.98. The molecule has 0 amide bonds. The van der Waals surface area contributed by atoms with E-state index < -0.39 is 14.9 Å². The van der Waals surface area contributed by atoms with Gasteiger partial charge in [0.15, 0.2) is 6.29 Å². The summed E-state index contributed by atoms with van der Waals surface area (Å²) < 4.78 is 33.1. The molecule has 4 atom stereocenters. The van der Waals surface area contributed by atoms with Crippen LogP contribution in [-0.4, -0.2) is 45.9 Å². The first-order valence-corrected chi connectivity index (χ1v) is 14.2. The molecule has 0 unspecified atom stereocenters. The fraction of sp³-hybridized carbons (Fsp3) is 0.769. The van der Waals surface area contributed by atoms with E-state index in [4.69, 9.17) is 23.1 Å². The van der Waals surface area contributed by atoms with Gasteiger partial charge >= 0.3 is 8.56 Å². The molecular weight excluding hydrogens is 420 g/mol. The maximum absolute atomic E-state index is 7.03. The summed E-state index contributed by atoms with van der Waals surface area (Å²) in [5.41, 5.74) is 1.15. The summed E-state index contributed by atoms with van der Waals surface area (Å²) in [6, 6.07) is 10.3. The number of fused-ring (bicyclic) bond motifs is 1. The molecule has 3 aliphatic rings. The minimum Gasteiger partial charge on any atom is -0.391 e. The van der Waals surface area contributed by atoms with Crippen LogP contribution in [0.1, 0.15) is 79.2 Å². The van der Waals surface area contributed by atoms with Gasteiger partial charge in [0.25, 0.3) is 0 Å². The van der Waals surface area contributed by atoms with Gasteiger partial charge in [0.1, 0.15) is 18.3 Å². The van der Waals surface area contributed by atoms with Crippen LogP contribution >= 0.6 is 0 Å². The van der Waals surface area contributed by atoms with Crippen molar-refractivity contribution in [3.05, 3.63) is 35.9 Å². The van der Waals surface area contributed by atoms with Crippen LogP contribution in [0.4, 0.5) is 0 Å². The Kier molecular flexibility index (Phi) is 7.21. The average molecular weight is 463 g/mol. The van der Waals surface area contributed by atoms with E-state index in [1.54, 1.807) is 0 Å². The fourth-order valence-corrected chi connectivity index (χ4v) is 10.7. The van der Waals surface area contributed by atoms with Gasteiger partial charge in [0.2, 0.25) is 0 Å². The average Bonchev–Trinajstić information content (AvgIpc) is 3.08. The Morgan fingerprint density at radius 1 is 0.938 bits per heavy atom. The molecule has 180 valence electrons. The van der Waals surface area contributed by atoms with Crippen molar-refractivity contribution in [1.29, 1.82) is 0 Å². The number of hydrogen-bond donors (Lipinski definition) is 0. The van der Waals surface area contributed by atoms with Crippen molar-refractivity contribution in [2.24, 2.45) is 0 Å². The highest BCUT2D eigenvalue weighted by molar-refractivity contribution is 6.73. The largest absolute Gasteiger partial charge is 0.391 e. The van der Waals surface area contributed by atoms with Gasteiger partial charge in [-0.2, -0.15) is 0 Å². The predicted octanol–water partition coefficient (Wildman–Crippen LogP) is 6.10. The highest BCUT2D eigenvalue weighted by atomic mass is 28.4. The molecule has 0 aromatic heterocycles. The molecule has 4 rings (SSSR count). The first-order valence-electron chi connectivity index (χ1n) is 12.4. The lowest BCUT2D eigenvalue weighted by Gasteiger charge is -2.53. The Bertz CT molecular complexity index is 721. The molecule has 2 saturated heterocycles. The van der Waals surface area contributed by atoms with E-state index in [0.29, 0.717) is 13.2 Å². The summed E-state index contributed by atoms with van der Waals surface area (Å²) in [4.78, 5) is 0. The molecule has 3 fully saturated rings. The van der Waals surface area contributed by atoms with Crippen LogP contribution in [0.3, 0.4) is 0 Å². The third-order valence-corrected chi connectivity index (χ3v) is 12.3. The van der Waals surface area contributed by atoms with Crippen molar-refractivity contribution < 1.29 is 23.1 Å². The van der Waals surface area contributed by atoms with E-state index in [2.05, 4.69) is 53.7 Å². The lowest BCUT2D eigenvalue weighted by Crippen LogP contribution is -2.65. The molecule has 0 bridgehead atoms. The second kappa shape index (κ2) is 9.47. The van der Waals surface area contributed by atoms with Crippen molar-refractivity contribution in [3.8, 4) is 0 Å².